The van der Waals surface area contributed by atoms with E-state index < -0.39 is 0 Å². The van der Waals surface area contributed by atoms with Gasteiger partial charge in [0.2, 0.25) is 0 Å². The number of likely N-dealkylation sites (tertiary alicyclic amines) is 1. The van der Waals surface area contributed by atoms with E-state index in [4.69, 9.17) is 0 Å². The van der Waals surface area contributed by atoms with E-state index in [2.05, 4.69) is 35.2 Å². The van der Waals surface area contributed by atoms with Crippen molar-refractivity contribution in [3.05, 3.63) is 126 Å². The number of pyridine rings is 1. The summed E-state index contributed by atoms with van der Waals surface area (Å²) in [5.74, 6) is 0.451. The van der Waals surface area contributed by atoms with Crippen LogP contribution < -0.4 is 0 Å². The number of nitrogens with zero attached hydrogens (tertiary/aromatic N) is 4. The zero-order valence-corrected chi connectivity index (χ0v) is 20.4. The SMILES string of the molecule is Cc1cc2c(cnn2-c2ccc(F)cc2)cc1[C@@]12CN(C(=O)c3ccccc3)C[C@@H]1[C@H]2c1cccnc1. The van der Waals surface area contributed by atoms with Crippen molar-refractivity contribution in [3.8, 4) is 5.69 Å². The first-order valence-electron chi connectivity index (χ1n) is 12.6. The van der Waals surface area contributed by atoms with Crippen LogP contribution in [0, 0.1) is 18.7 Å². The summed E-state index contributed by atoms with van der Waals surface area (Å²) < 4.78 is 15.3. The van der Waals surface area contributed by atoms with Crippen molar-refractivity contribution in [1.82, 2.24) is 19.7 Å². The predicted octanol–water partition coefficient (Wildman–Crippen LogP) is 5.68. The van der Waals surface area contributed by atoms with Crippen molar-refractivity contribution < 1.29 is 9.18 Å². The monoisotopic (exact) mass is 488 g/mol. The second kappa shape index (κ2) is 8.10. The van der Waals surface area contributed by atoms with Crippen LogP contribution in [0.2, 0.25) is 0 Å². The molecule has 0 spiro atoms. The van der Waals surface area contributed by atoms with Gasteiger partial charge in [-0.05, 0) is 84.1 Å². The molecule has 7 rings (SSSR count). The van der Waals surface area contributed by atoms with Crippen LogP contribution in [0.1, 0.15) is 33.0 Å². The number of aryl methyl sites for hydroxylation is 1. The molecule has 5 aromatic rings. The first-order chi connectivity index (χ1) is 18.1. The van der Waals surface area contributed by atoms with Crippen molar-refractivity contribution in [2.45, 2.75) is 18.3 Å². The Balaban J connectivity index is 1.31. The van der Waals surface area contributed by atoms with Gasteiger partial charge < -0.3 is 4.90 Å². The second-order valence-corrected chi connectivity index (χ2v) is 10.2. The smallest absolute Gasteiger partial charge is 0.253 e. The summed E-state index contributed by atoms with van der Waals surface area (Å²) in [6.45, 7) is 3.53. The molecule has 0 unspecified atom stereocenters. The Kier molecular flexibility index (Phi) is 4.80. The molecule has 3 atom stereocenters. The van der Waals surface area contributed by atoms with E-state index in [9.17, 15) is 9.18 Å². The number of piperidine rings is 1. The molecule has 37 heavy (non-hydrogen) atoms. The fourth-order valence-corrected chi connectivity index (χ4v) is 6.55. The van der Waals surface area contributed by atoms with Gasteiger partial charge in [0.15, 0.2) is 0 Å². The van der Waals surface area contributed by atoms with E-state index in [1.54, 1.807) is 18.3 Å². The van der Waals surface area contributed by atoms with Crippen LogP contribution in [-0.2, 0) is 5.41 Å². The number of hydrogen-bond donors (Lipinski definition) is 0. The molecular formula is C31H25FN4O. The third-order valence-electron chi connectivity index (χ3n) is 8.22. The Bertz CT molecular complexity index is 1630. The molecule has 2 aliphatic rings. The van der Waals surface area contributed by atoms with Crippen LogP contribution in [-0.4, -0.2) is 38.7 Å². The average Bonchev–Trinajstić information content (AvgIpc) is 3.19. The fraction of sp³-hybridized carbons (Fsp3) is 0.194. The quantitative estimate of drug-likeness (QED) is 0.327. The summed E-state index contributed by atoms with van der Waals surface area (Å²) in [4.78, 5) is 19.8. The largest absolute Gasteiger partial charge is 0.337 e. The maximum absolute atomic E-state index is 13.5. The van der Waals surface area contributed by atoms with Gasteiger partial charge in [-0.3, -0.25) is 9.78 Å². The topological polar surface area (TPSA) is 51.0 Å². The first-order valence-corrected chi connectivity index (χ1v) is 12.6. The summed E-state index contributed by atoms with van der Waals surface area (Å²) in [5.41, 5.74) is 6.02. The minimum Gasteiger partial charge on any atom is -0.337 e. The third-order valence-corrected chi connectivity index (χ3v) is 8.22. The van der Waals surface area contributed by atoms with E-state index >= 15 is 0 Å². The lowest BCUT2D eigenvalue weighted by atomic mass is 9.86. The molecule has 0 radical (unpaired) electrons. The number of carbonyl (C=O) groups excluding carboxylic acids is 1. The van der Waals surface area contributed by atoms with E-state index in [-0.39, 0.29) is 17.1 Å². The lowest BCUT2D eigenvalue weighted by Crippen LogP contribution is -2.34. The minimum absolute atomic E-state index is 0.0833. The highest BCUT2D eigenvalue weighted by Gasteiger charge is 2.71. The van der Waals surface area contributed by atoms with Gasteiger partial charge in [0.05, 0.1) is 17.4 Å². The lowest BCUT2D eigenvalue weighted by Gasteiger charge is -2.26. The maximum Gasteiger partial charge on any atom is 0.253 e. The highest BCUT2D eigenvalue weighted by atomic mass is 19.1. The van der Waals surface area contributed by atoms with Gasteiger partial charge in [0.1, 0.15) is 5.82 Å². The Morgan fingerprint density at radius 1 is 1.00 bits per heavy atom. The van der Waals surface area contributed by atoms with Crippen molar-refractivity contribution in [3.63, 3.8) is 0 Å². The summed E-state index contributed by atoms with van der Waals surface area (Å²) >= 11 is 0. The summed E-state index contributed by atoms with van der Waals surface area (Å²) in [7, 11) is 0. The van der Waals surface area contributed by atoms with Crippen LogP contribution in [0.4, 0.5) is 4.39 Å². The Labute approximate surface area is 214 Å². The van der Waals surface area contributed by atoms with Crippen LogP contribution in [0.15, 0.2) is 97.5 Å². The van der Waals surface area contributed by atoms with Crippen LogP contribution in [0.3, 0.4) is 0 Å². The van der Waals surface area contributed by atoms with Crippen molar-refractivity contribution >= 4 is 16.8 Å². The van der Waals surface area contributed by atoms with Gasteiger partial charge in [0.25, 0.3) is 5.91 Å². The number of fused-ring (bicyclic) bond motifs is 2. The minimum atomic E-state index is -0.269. The fourth-order valence-electron chi connectivity index (χ4n) is 6.55. The number of hydrogen-bond acceptors (Lipinski definition) is 3. The number of halogens is 1. The predicted molar refractivity (Wildman–Crippen MR) is 140 cm³/mol. The van der Waals surface area contributed by atoms with Gasteiger partial charge in [-0.25, -0.2) is 9.07 Å². The van der Waals surface area contributed by atoms with Gasteiger partial charge in [-0.2, -0.15) is 5.10 Å². The molecule has 1 saturated heterocycles. The lowest BCUT2D eigenvalue weighted by molar-refractivity contribution is 0.0769. The highest BCUT2D eigenvalue weighted by Crippen LogP contribution is 2.69. The zero-order valence-electron chi connectivity index (χ0n) is 20.4. The number of aromatic nitrogens is 3. The molecular weight excluding hydrogens is 463 g/mol. The van der Waals surface area contributed by atoms with Crippen LogP contribution >= 0.6 is 0 Å². The highest BCUT2D eigenvalue weighted by molar-refractivity contribution is 5.95. The van der Waals surface area contributed by atoms with Gasteiger partial charge in [-0.1, -0.05) is 24.3 Å². The van der Waals surface area contributed by atoms with E-state index in [0.29, 0.717) is 18.4 Å². The van der Waals surface area contributed by atoms with Crippen molar-refractivity contribution in [2.24, 2.45) is 5.92 Å². The third kappa shape index (κ3) is 3.32. The molecule has 5 nitrogen and oxygen atoms in total. The average molecular weight is 489 g/mol. The number of benzene rings is 3. The van der Waals surface area contributed by atoms with Crippen molar-refractivity contribution in [2.75, 3.05) is 13.1 Å². The molecule has 6 heteroatoms. The molecule has 182 valence electrons. The molecule has 2 fully saturated rings. The number of amides is 1. The molecule has 1 aliphatic carbocycles. The van der Waals surface area contributed by atoms with Crippen LogP contribution in [0.25, 0.3) is 16.6 Å². The molecule has 1 aliphatic heterocycles. The summed E-state index contributed by atoms with van der Waals surface area (Å²) in [6.07, 6.45) is 5.64. The van der Waals surface area contributed by atoms with Gasteiger partial charge in [0, 0.05) is 47.8 Å². The molecule has 1 saturated carbocycles. The second-order valence-electron chi connectivity index (χ2n) is 10.2. The molecule has 3 aromatic carbocycles. The zero-order chi connectivity index (χ0) is 25.1. The molecule has 0 bridgehead atoms. The molecule has 0 N–H and O–H groups in total. The van der Waals surface area contributed by atoms with Gasteiger partial charge in [-0.15, -0.1) is 0 Å². The summed E-state index contributed by atoms with van der Waals surface area (Å²) in [6, 6.07) is 24.5. The number of carbonyl (C=O) groups is 1. The van der Waals surface area contributed by atoms with Crippen LogP contribution in [0.5, 0.6) is 0 Å². The normalized spacial score (nSPS) is 22.3. The maximum atomic E-state index is 13.5. The van der Waals surface area contributed by atoms with Crippen molar-refractivity contribution in [1.29, 1.82) is 0 Å². The summed E-state index contributed by atoms with van der Waals surface area (Å²) in [5, 5.41) is 5.65. The standard InChI is InChI=1S/C31H25FN4O/c1-20-14-28-23(17-34-36(28)25-11-9-24(32)10-12-25)15-26(20)31-19-35(30(37)21-6-3-2-4-7-21)18-27(31)29(31)22-8-5-13-33-16-22/h2-17,27,29H,18-19H2,1H3/t27-,29-,31+/m1/s1. The van der Waals surface area contributed by atoms with E-state index in [1.807, 2.05) is 58.4 Å². The first kappa shape index (κ1) is 21.9. The molecule has 2 aromatic heterocycles. The van der Waals surface area contributed by atoms with Gasteiger partial charge >= 0.3 is 0 Å². The van der Waals surface area contributed by atoms with E-state index in [0.717, 1.165) is 28.7 Å². The Morgan fingerprint density at radius 3 is 2.57 bits per heavy atom. The Hall–Kier alpha value is -4.32. The van der Waals surface area contributed by atoms with E-state index in [1.165, 1.54) is 28.8 Å². The molecule has 1 amide bonds. The molecule has 3 heterocycles. The number of rotatable bonds is 4. The Morgan fingerprint density at radius 2 is 1.81 bits per heavy atom.